The van der Waals surface area contributed by atoms with Crippen LogP contribution in [-0.2, 0) is 0 Å². The van der Waals surface area contributed by atoms with E-state index >= 15 is 0 Å². The predicted molar refractivity (Wildman–Crippen MR) is 66.9 cm³/mol. The largest absolute Gasteiger partial charge is 0.204 e. The quantitative estimate of drug-likeness (QED) is 0.701. The summed E-state index contributed by atoms with van der Waals surface area (Å²) in [5.41, 5.74) is 8.76. The topological polar surface area (TPSA) is 60.9 Å². The van der Waals surface area contributed by atoms with Crippen molar-refractivity contribution in [1.82, 2.24) is 0 Å². The number of nitrogens with one attached hydrogen (secondary N) is 1. The van der Waals surface area contributed by atoms with E-state index in [2.05, 4.69) is 15.3 Å². The first kappa shape index (κ1) is 11.4. The minimum Gasteiger partial charge on any atom is -0.204 e. The molecule has 2 rings (SSSR count). The average Bonchev–Trinajstić information content (AvgIpc) is 2.38. The summed E-state index contributed by atoms with van der Waals surface area (Å²) in [5.74, 6) is 0. The van der Waals surface area contributed by atoms with Crippen LogP contribution in [0.4, 0.5) is 17.1 Å². The highest BCUT2D eigenvalue weighted by atomic mass is 35.5. The zero-order chi connectivity index (χ0) is 12.1. The molecule has 0 atom stereocenters. The second-order valence-corrected chi connectivity index (χ2v) is 3.71. The number of rotatable bonds is 3. The van der Waals surface area contributed by atoms with Crippen molar-refractivity contribution in [3.8, 4) is 0 Å². The van der Waals surface area contributed by atoms with Crippen LogP contribution in [0.2, 0.25) is 5.02 Å². The van der Waals surface area contributed by atoms with Crippen LogP contribution >= 0.6 is 11.6 Å². The van der Waals surface area contributed by atoms with Gasteiger partial charge in [-0.05, 0) is 36.4 Å². The lowest BCUT2D eigenvalue weighted by Crippen LogP contribution is -1.67. The average molecular weight is 245 g/mol. The number of nitrogens with zero attached hydrogens (tertiary/aromatic N) is 3. The van der Waals surface area contributed by atoms with Gasteiger partial charge in [0, 0.05) is 5.02 Å². The number of azo groups is 1. The third-order valence-electron chi connectivity index (χ3n) is 2.10. The summed E-state index contributed by atoms with van der Waals surface area (Å²) in [6.45, 7) is 0. The normalized spacial score (nSPS) is 10.6. The van der Waals surface area contributed by atoms with E-state index in [0.717, 1.165) is 0 Å². The van der Waals surface area contributed by atoms with Crippen LogP contribution in [0.1, 0.15) is 0 Å². The Kier molecular flexibility index (Phi) is 3.57. The molecule has 0 amide bonds. The molecule has 1 N–H and O–H groups in total. The molecule has 0 aliphatic rings. The number of hydrogen-bond acceptors (Lipinski definition) is 4. The highest BCUT2D eigenvalue weighted by Gasteiger charge is 1.97. The first-order valence-electron chi connectivity index (χ1n) is 4.93. The minimum absolute atomic E-state index is 0.491. The van der Waals surface area contributed by atoms with E-state index in [0.29, 0.717) is 22.1 Å². The Bertz CT molecular complexity index is 549. The molecule has 17 heavy (non-hydrogen) atoms. The van der Waals surface area contributed by atoms with Gasteiger partial charge in [-0.25, -0.2) is 5.53 Å². The molecule has 0 heterocycles. The Labute approximate surface area is 103 Å². The lowest BCUT2D eigenvalue weighted by atomic mass is 10.3. The van der Waals surface area contributed by atoms with E-state index in [-0.39, 0.29) is 0 Å². The van der Waals surface area contributed by atoms with Crippen LogP contribution in [0.3, 0.4) is 0 Å². The number of hydrogen-bond donors (Lipinski definition) is 1. The zero-order valence-electron chi connectivity index (χ0n) is 8.84. The molecule has 5 heteroatoms. The smallest absolute Gasteiger partial charge is 0.113 e. The van der Waals surface area contributed by atoms with Crippen LogP contribution in [0.15, 0.2) is 63.9 Å². The zero-order valence-corrected chi connectivity index (χ0v) is 9.59. The molecular formula is C12H9ClN4. The molecular weight excluding hydrogens is 236 g/mol. The van der Waals surface area contributed by atoms with Gasteiger partial charge in [0.15, 0.2) is 0 Å². The number of para-hydroxylation sites is 1. The summed E-state index contributed by atoms with van der Waals surface area (Å²) in [7, 11) is 0. The molecule has 0 saturated heterocycles. The van der Waals surface area contributed by atoms with E-state index in [1.54, 1.807) is 42.5 Å². The molecule has 0 fully saturated rings. The molecule has 0 aromatic heterocycles. The second-order valence-electron chi connectivity index (χ2n) is 3.28. The van der Waals surface area contributed by atoms with Crippen LogP contribution in [-0.4, -0.2) is 0 Å². The number of benzene rings is 2. The molecule has 84 valence electrons. The van der Waals surface area contributed by atoms with E-state index in [4.69, 9.17) is 17.1 Å². The van der Waals surface area contributed by atoms with Crippen molar-refractivity contribution >= 4 is 28.7 Å². The standard InChI is InChI=1S/C12H9ClN4/c13-9-5-7-10(8-6-9)16-17-12-4-2-1-3-11(12)15-14/h1-8,14H. The maximum absolute atomic E-state index is 7.00. The van der Waals surface area contributed by atoms with Gasteiger partial charge >= 0.3 is 0 Å². The minimum atomic E-state index is 0.491. The molecule has 0 radical (unpaired) electrons. The fourth-order valence-corrected chi connectivity index (χ4v) is 1.39. The van der Waals surface area contributed by atoms with Gasteiger partial charge in [-0.3, -0.25) is 0 Å². The van der Waals surface area contributed by atoms with E-state index in [9.17, 15) is 0 Å². The van der Waals surface area contributed by atoms with Gasteiger partial charge in [0.1, 0.15) is 11.4 Å². The maximum atomic E-state index is 7.00. The molecule has 0 aliphatic carbocycles. The van der Waals surface area contributed by atoms with Crippen molar-refractivity contribution in [3.63, 3.8) is 0 Å². The monoisotopic (exact) mass is 244 g/mol. The molecule has 0 unspecified atom stereocenters. The molecule has 4 nitrogen and oxygen atoms in total. The van der Waals surface area contributed by atoms with Crippen molar-refractivity contribution in [2.45, 2.75) is 0 Å². The third-order valence-corrected chi connectivity index (χ3v) is 2.35. The lowest BCUT2D eigenvalue weighted by Gasteiger charge is -1.96. The molecule has 0 bridgehead atoms. The van der Waals surface area contributed by atoms with Gasteiger partial charge in [0.2, 0.25) is 0 Å². The summed E-state index contributed by atoms with van der Waals surface area (Å²) in [5, 5.41) is 12.1. The fraction of sp³-hybridized carbons (Fsp3) is 0. The van der Waals surface area contributed by atoms with Gasteiger partial charge < -0.3 is 0 Å². The first-order valence-corrected chi connectivity index (χ1v) is 5.31. The van der Waals surface area contributed by atoms with Gasteiger partial charge in [0.25, 0.3) is 0 Å². The predicted octanol–water partition coefficient (Wildman–Crippen LogP) is 5.42. The SMILES string of the molecule is N=Nc1ccccc1N=Nc1ccc(Cl)cc1. The Balaban J connectivity index is 2.25. The fourth-order valence-electron chi connectivity index (χ4n) is 1.26. The lowest BCUT2D eigenvalue weighted by molar-refractivity contribution is 1.13. The Morgan fingerprint density at radius 1 is 0.824 bits per heavy atom. The van der Waals surface area contributed by atoms with E-state index in [1.807, 2.05) is 6.07 Å². The van der Waals surface area contributed by atoms with Crippen LogP contribution in [0.5, 0.6) is 0 Å². The van der Waals surface area contributed by atoms with Crippen LogP contribution in [0.25, 0.3) is 0 Å². The van der Waals surface area contributed by atoms with Crippen molar-refractivity contribution in [1.29, 1.82) is 5.53 Å². The summed E-state index contributed by atoms with van der Waals surface area (Å²) < 4.78 is 0. The van der Waals surface area contributed by atoms with Crippen LogP contribution < -0.4 is 0 Å². The van der Waals surface area contributed by atoms with Crippen LogP contribution in [0, 0.1) is 5.53 Å². The molecule has 2 aromatic carbocycles. The van der Waals surface area contributed by atoms with Crippen molar-refractivity contribution < 1.29 is 0 Å². The summed E-state index contributed by atoms with van der Waals surface area (Å²) in [6, 6.07) is 14.1. The van der Waals surface area contributed by atoms with Gasteiger partial charge in [-0.15, -0.1) is 5.11 Å². The Morgan fingerprint density at radius 2 is 1.47 bits per heavy atom. The molecule has 0 aliphatic heterocycles. The van der Waals surface area contributed by atoms with Gasteiger partial charge in [-0.2, -0.15) is 10.2 Å². The van der Waals surface area contributed by atoms with E-state index in [1.165, 1.54) is 0 Å². The van der Waals surface area contributed by atoms with Crippen molar-refractivity contribution in [3.05, 3.63) is 53.6 Å². The third kappa shape index (κ3) is 2.95. The first-order chi connectivity index (χ1) is 8.29. The summed E-state index contributed by atoms with van der Waals surface area (Å²) in [4.78, 5) is 0. The Hall–Kier alpha value is -2.07. The maximum Gasteiger partial charge on any atom is 0.113 e. The number of halogens is 1. The highest BCUT2D eigenvalue weighted by molar-refractivity contribution is 6.30. The Morgan fingerprint density at radius 3 is 2.12 bits per heavy atom. The second kappa shape index (κ2) is 5.32. The summed E-state index contributed by atoms with van der Waals surface area (Å²) in [6.07, 6.45) is 0. The molecule has 0 spiro atoms. The summed E-state index contributed by atoms with van der Waals surface area (Å²) >= 11 is 5.76. The van der Waals surface area contributed by atoms with Crippen molar-refractivity contribution in [2.75, 3.05) is 0 Å². The molecule has 2 aromatic rings. The van der Waals surface area contributed by atoms with Gasteiger partial charge in [0.05, 0.1) is 5.69 Å². The van der Waals surface area contributed by atoms with E-state index < -0.39 is 0 Å². The van der Waals surface area contributed by atoms with Crippen molar-refractivity contribution in [2.24, 2.45) is 15.3 Å². The highest BCUT2D eigenvalue weighted by Crippen LogP contribution is 2.28. The molecule has 0 saturated carbocycles. The van der Waals surface area contributed by atoms with Gasteiger partial charge in [-0.1, -0.05) is 23.7 Å².